The first kappa shape index (κ1) is 81.2. The summed E-state index contributed by atoms with van der Waals surface area (Å²) in [5.74, 6) is 7.06. The molecule has 0 radical (unpaired) electrons. The number of hydrogen-bond donors (Lipinski definition) is 2. The van der Waals surface area contributed by atoms with Gasteiger partial charge in [-0.3, -0.25) is 25.8 Å². The summed E-state index contributed by atoms with van der Waals surface area (Å²) in [6, 6.07) is 47.3. The van der Waals surface area contributed by atoms with Crippen LogP contribution in [0.5, 0.6) is 0 Å². The Labute approximate surface area is 602 Å². The van der Waals surface area contributed by atoms with Crippen molar-refractivity contribution in [2.75, 3.05) is 43.1 Å². The molecule has 0 bridgehead atoms. The fourth-order valence-corrected chi connectivity index (χ4v) is 10.0. The molecule has 0 fully saturated rings. The second-order valence-corrected chi connectivity index (χ2v) is 23.3. The van der Waals surface area contributed by atoms with Gasteiger partial charge in [-0.2, -0.15) is 5.10 Å². The number of halogens is 11. The van der Waals surface area contributed by atoms with Crippen molar-refractivity contribution in [3.8, 4) is 56.5 Å². The van der Waals surface area contributed by atoms with E-state index >= 15 is 0 Å². The molecule has 0 saturated carbocycles. The van der Waals surface area contributed by atoms with Gasteiger partial charge < -0.3 is 13.6 Å². The topological polar surface area (TPSA) is 206 Å². The molecule has 0 unspecified atom stereocenters. The Morgan fingerprint density at radius 2 is 0.958 bits per heavy atom. The van der Waals surface area contributed by atoms with E-state index in [4.69, 9.17) is 106 Å². The summed E-state index contributed by atoms with van der Waals surface area (Å²) < 4.78 is 58.7. The Balaban J connectivity index is 0.000000259. The fraction of sp³-hybridized carbons (Fsp3) is 0.162. The van der Waals surface area contributed by atoms with E-state index in [1.165, 1.54) is 36.0 Å². The van der Waals surface area contributed by atoms with Crippen LogP contribution in [0.25, 0.3) is 61.5 Å². The number of nitrogens with one attached hydrogen (secondary N) is 1. The Morgan fingerprint density at radius 1 is 0.552 bits per heavy atom. The van der Waals surface area contributed by atoms with Gasteiger partial charge in [-0.15, -0.1) is 69.9 Å². The highest BCUT2D eigenvalue weighted by Gasteiger charge is 2.26. The Morgan fingerprint density at radius 3 is 1.36 bits per heavy atom. The lowest BCUT2D eigenvalue weighted by molar-refractivity contribution is 0.100. The van der Waals surface area contributed by atoms with Crippen LogP contribution in [0.15, 0.2) is 201 Å². The summed E-state index contributed by atoms with van der Waals surface area (Å²) in [4.78, 5) is 37.1. The van der Waals surface area contributed by atoms with Crippen molar-refractivity contribution in [1.82, 2.24) is 40.6 Å². The van der Waals surface area contributed by atoms with Crippen LogP contribution in [0.3, 0.4) is 0 Å². The van der Waals surface area contributed by atoms with E-state index in [0.717, 1.165) is 28.5 Å². The highest BCUT2D eigenvalue weighted by atomic mass is 35.5. The number of pyridine rings is 1. The fourth-order valence-electron chi connectivity index (χ4n) is 7.89. The van der Waals surface area contributed by atoms with E-state index in [1.807, 2.05) is 115 Å². The summed E-state index contributed by atoms with van der Waals surface area (Å²) >= 11 is 46.2. The van der Waals surface area contributed by atoms with Gasteiger partial charge in [0, 0.05) is 70.1 Å². The molecule has 96 heavy (non-hydrogen) atoms. The molecule has 5 heterocycles. The van der Waals surface area contributed by atoms with Crippen molar-refractivity contribution in [3.63, 3.8) is 0 Å². The minimum atomic E-state index is -0.564. The van der Waals surface area contributed by atoms with Crippen LogP contribution in [-0.4, -0.2) is 94.5 Å². The van der Waals surface area contributed by atoms with Crippen molar-refractivity contribution in [1.29, 1.82) is 0 Å². The number of nitrogens with two attached hydrogens (primary N) is 1. The molecular formula is C68H63Cl8F3N10O5S2. The number of amides is 1. The molecule has 11 aromatic rings. The molecule has 15 nitrogen and oxygen atoms in total. The van der Waals surface area contributed by atoms with Gasteiger partial charge in [0.25, 0.3) is 11.1 Å². The number of aromatic nitrogens is 7. The van der Waals surface area contributed by atoms with E-state index in [2.05, 4.69) is 53.4 Å². The number of hydrogen-bond acceptors (Lipinski definition) is 15. The molecule has 0 aliphatic rings. The van der Waals surface area contributed by atoms with E-state index in [9.17, 15) is 22.8 Å². The minimum absolute atomic E-state index is 0.102. The molecule has 1 amide bonds. The van der Waals surface area contributed by atoms with Gasteiger partial charge in [-0.25, -0.2) is 27.8 Å². The maximum absolute atomic E-state index is 14.2. The quantitative estimate of drug-likeness (QED) is 0.0291. The largest absolute Gasteiger partial charge is 0.360 e. The molecular weight excluding hydrogens is 1440 g/mol. The van der Waals surface area contributed by atoms with Crippen LogP contribution in [-0.2, 0) is 7.05 Å². The Kier molecular flexibility index (Phi) is 37.0. The number of carbonyl (C=O) groups excluding carboxylic acids is 2. The number of nitrogens with zero attached hydrogens (tertiary/aromatic N) is 8. The molecule has 5 aromatic heterocycles. The maximum atomic E-state index is 14.2. The number of carbonyl (C=O) groups is 2. The first-order valence-corrected chi connectivity index (χ1v) is 34.2. The zero-order valence-corrected chi connectivity index (χ0v) is 60.1. The zero-order valence-electron chi connectivity index (χ0n) is 52.4. The third kappa shape index (κ3) is 24.4. The van der Waals surface area contributed by atoms with Gasteiger partial charge in [0.15, 0.2) is 11.6 Å². The van der Waals surface area contributed by atoms with E-state index < -0.39 is 22.8 Å². The van der Waals surface area contributed by atoms with Crippen LogP contribution >= 0.6 is 116 Å². The van der Waals surface area contributed by atoms with Crippen LogP contribution in [0, 0.1) is 38.2 Å². The maximum Gasteiger partial charge on any atom is 0.283 e. The van der Waals surface area contributed by atoms with Crippen LogP contribution < -0.4 is 11.3 Å². The van der Waals surface area contributed by atoms with E-state index in [-0.39, 0.29) is 43.4 Å². The highest BCUT2D eigenvalue weighted by Crippen LogP contribution is 2.37. The van der Waals surface area contributed by atoms with Gasteiger partial charge in [0.2, 0.25) is 0 Å². The van der Waals surface area contributed by atoms with Crippen molar-refractivity contribution in [2.24, 2.45) is 17.9 Å². The lowest BCUT2D eigenvalue weighted by Crippen LogP contribution is -2.13. The third-order valence-electron chi connectivity index (χ3n) is 12.1. The van der Waals surface area contributed by atoms with Crippen LogP contribution in [0.1, 0.15) is 49.1 Å². The molecule has 11 rings (SSSR count). The molecule has 0 atom stereocenters. The summed E-state index contributed by atoms with van der Waals surface area (Å²) in [7, 11) is 3.39. The number of rotatable bonds is 12. The lowest BCUT2D eigenvalue weighted by atomic mass is 10.1. The Hall–Kier alpha value is -7.28. The number of benzene rings is 6. The van der Waals surface area contributed by atoms with E-state index in [0.29, 0.717) is 90.3 Å². The molecule has 504 valence electrons. The average molecular weight is 1510 g/mol. The predicted octanol–water partition coefficient (Wildman–Crippen LogP) is 20.2. The predicted molar refractivity (Wildman–Crippen MR) is 391 cm³/mol. The molecule has 28 heteroatoms. The summed E-state index contributed by atoms with van der Waals surface area (Å²) in [6.07, 6.45) is 7.04. The highest BCUT2D eigenvalue weighted by molar-refractivity contribution is 8.13. The van der Waals surface area contributed by atoms with Crippen LogP contribution in [0.4, 0.5) is 13.2 Å². The molecule has 6 aromatic carbocycles. The van der Waals surface area contributed by atoms with E-state index in [1.54, 1.807) is 88.5 Å². The summed E-state index contributed by atoms with van der Waals surface area (Å²) in [6.45, 7) is 8.81. The first-order valence-electron chi connectivity index (χ1n) is 28.1. The minimum Gasteiger partial charge on any atom is -0.360 e. The van der Waals surface area contributed by atoms with Gasteiger partial charge in [0.1, 0.15) is 68.0 Å². The van der Waals surface area contributed by atoms with Crippen molar-refractivity contribution in [2.45, 2.75) is 20.8 Å². The average Bonchev–Trinajstić information content (AvgIpc) is 1.63. The number of hydrazine groups is 1. The van der Waals surface area contributed by atoms with Crippen molar-refractivity contribution in [3.05, 3.63) is 255 Å². The Bertz CT molecular complexity index is 4120. The monoisotopic (exact) mass is 1500 g/mol. The SMILES string of the molecule is C=C(SC)c1c(F)cccc1Cl.CNN.CSC(=NC(=O)c1c(-c2ccccc2)noc1C)c1c(F)cccc1Cl.Cc1onc(-c2ccccc2)c1-c1nc(-c2c(F)cccc2Cl)nn1C.Cc1onc(-c2ccccc2)c1C(=O)Cl.ClCCCl.ClCCCl.c1ccncc1. The van der Waals surface area contributed by atoms with Crippen molar-refractivity contribution >= 4 is 137 Å². The standard InChI is InChI=1S/C19H14ClFN4O.C19H14ClFN2O2S.C11H8ClNO2.C9H8ClFS.C5H5N.2C2H4Cl2.CH6N2/c1-11-15(17(24-26-11)12-7-4-3-5-8-12)19-22-18(23-25(19)2)16-13(20)9-6-10-14(16)21;1-11-15(17(23-25-11)12-7-4-3-5-8-12)18(24)22-19(26-2)16-13(20)9-6-10-14(16)21;1-7-9(11(12)14)10(13-15-7)8-5-3-2-4-6-8;1-6(12-2)9-7(10)4-3-5-8(9)11;1-2-4-6-5-3-1;2*3-1-2-4;1-3-2/h2*3-10H,1-2H3;2-6H,1H3;3-5H,1H2,2H3;1-5H;2*1-2H2;3H,2H2,1H3. The smallest absolute Gasteiger partial charge is 0.283 e. The number of aryl methyl sites for hydroxylation is 4. The van der Waals surface area contributed by atoms with Crippen molar-refractivity contribution < 1.29 is 36.3 Å². The number of thioether (sulfide) groups is 2. The van der Waals surface area contributed by atoms with Crippen LogP contribution in [0.2, 0.25) is 15.1 Å². The zero-order chi connectivity index (χ0) is 70.7. The second-order valence-electron chi connectivity index (χ2n) is 18.6. The van der Waals surface area contributed by atoms with Gasteiger partial charge in [-0.05, 0) is 100 Å². The molecule has 0 saturated heterocycles. The molecule has 0 spiro atoms. The van der Waals surface area contributed by atoms with Gasteiger partial charge >= 0.3 is 0 Å². The third-order valence-corrected chi connectivity index (χ3v) is 15.7. The molecule has 3 N–H and O–H groups in total. The molecule has 0 aliphatic heterocycles. The molecule has 0 aliphatic carbocycles. The first-order chi connectivity index (χ1) is 46.2. The summed E-state index contributed by atoms with van der Waals surface area (Å²) in [5, 5.41) is 16.8. The van der Waals surface area contributed by atoms with Gasteiger partial charge in [-0.1, -0.05) is 172 Å². The van der Waals surface area contributed by atoms with Gasteiger partial charge in [0.05, 0.1) is 31.8 Å². The second kappa shape index (κ2) is 43.8. The lowest BCUT2D eigenvalue weighted by Gasteiger charge is -2.07. The number of alkyl halides is 4. The summed E-state index contributed by atoms with van der Waals surface area (Å²) in [5.41, 5.74) is 8.23. The number of aliphatic imine (C=N–C) groups is 1. The normalized spacial score (nSPS) is 10.3.